The minimum atomic E-state index is -3.66. The van der Waals surface area contributed by atoms with Crippen LogP contribution in [0.15, 0.2) is 24.3 Å². The third-order valence-electron chi connectivity index (χ3n) is 3.20. The Kier molecular flexibility index (Phi) is 3.64. The first-order chi connectivity index (χ1) is 8.38. The van der Waals surface area contributed by atoms with Gasteiger partial charge >= 0.3 is 0 Å². The fourth-order valence-electron chi connectivity index (χ4n) is 2.07. The molecule has 1 saturated heterocycles. The number of hydrogen-bond donors (Lipinski definition) is 0. The van der Waals surface area contributed by atoms with Crippen LogP contribution in [0.4, 0.5) is 0 Å². The Morgan fingerprint density at radius 3 is 2.61 bits per heavy atom. The number of aryl methyl sites for hydroxylation is 1. The van der Waals surface area contributed by atoms with E-state index < -0.39 is 14.3 Å². The van der Waals surface area contributed by atoms with E-state index in [1.165, 1.54) is 0 Å². The fourth-order valence-corrected chi connectivity index (χ4v) is 3.13. The van der Waals surface area contributed by atoms with E-state index >= 15 is 0 Å². The van der Waals surface area contributed by atoms with Gasteiger partial charge in [0.05, 0.1) is 0 Å². The molecular weight excluding hydrogens is 274 g/mol. The van der Waals surface area contributed by atoms with Gasteiger partial charge in [-0.1, -0.05) is 24.3 Å². The van der Waals surface area contributed by atoms with Gasteiger partial charge in [-0.05, 0) is 18.1 Å². The molecule has 2 rings (SSSR count). The molecule has 1 aliphatic rings. The van der Waals surface area contributed by atoms with E-state index in [0.29, 0.717) is 6.54 Å². The molecule has 6 heteroatoms. The summed E-state index contributed by atoms with van der Waals surface area (Å²) in [4.78, 5) is 13.3. The van der Waals surface area contributed by atoms with Crippen molar-refractivity contribution in [3.05, 3.63) is 35.4 Å². The lowest BCUT2D eigenvalue weighted by Gasteiger charge is -2.17. The molecule has 0 radical (unpaired) electrons. The van der Waals surface area contributed by atoms with Gasteiger partial charge in [0.1, 0.15) is 5.25 Å². The normalized spacial score (nSPS) is 20.4. The number of carbonyl (C=O) groups is 1. The number of benzene rings is 1. The molecule has 1 fully saturated rings. The first-order valence-electron chi connectivity index (χ1n) is 5.63. The van der Waals surface area contributed by atoms with Gasteiger partial charge in [0.2, 0.25) is 15.0 Å². The predicted octanol–water partition coefficient (Wildman–Crippen LogP) is 1.66. The van der Waals surface area contributed by atoms with Crippen molar-refractivity contribution in [1.82, 2.24) is 4.90 Å². The lowest BCUT2D eigenvalue weighted by molar-refractivity contribution is -0.128. The average molecular weight is 288 g/mol. The second kappa shape index (κ2) is 4.90. The molecule has 0 aliphatic carbocycles. The Hall–Kier alpha value is -1.07. The summed E-state index contributed by atoms with van der Waals surface area (Å²) in [6.07, 6.45) is -0.0162. The van der Waals surface area contributed by atoms with Crippen LogP contribution in [0.25, 0.3) is 0 Å². The highest BCUT2D eigenvalue weighted by Gasteiger charge is 2.37. The summed E-state index contributed by atoms with van der Waals surface area (Å²) >= 11 is 0. The van der Waals surface area contributed by atoms with Crippen LogP contribution >= 0.6 is 10.7 Å². The fraction of sp³-hybridized carbons (Fsp3) is 0.417. The molecule has 1 aliphatic heterocycles. The standard InChI is InChI=1S/C12H14ClNO3S/c1-9-4-2-3-5-10(9)7-14-8-11(6-12(14)15)18(13,16)17/h2-5,11H,6-8H2,1H3. The number of hydrogen-bond acceptors (Lipinski definition) is 3. The van der Waals surface area contributed by atoms with E-state index in [1.807, 2.05) is 31.2 Å². The third kappa shape index (κ3) is 2.84. The van der Waals surface area contributed by atoms with E-state index in [0.717, 1.165) is 11.1 Å². The average Bonchev–Trinajstić information content (AvgIpc) is 2.63. The maximum atomic E-state index is 11.7. The van der Waals surface area contributed by atoms with Gasteiger partial charge in [0, 0.05) is 30.2 Å². The molecule has 98 valence electrons. The molecule has 0 bridgehead atoms. The Morgan fingerprint density at radius 2 is 2.06 bits per heavy atom. The molecule has 1 heterocycles. The Morgan fingerprint density at radius 1 is 1.39 bits per heavy atom. The highest BCUT2D eigenvalue weighted by Crippen LogP contribution is 2.23. The molecule has 1 atom stereocenters. The molecular formula is C12H14ClNO3S. The molecule has 0 saturated carbocycles. The molecule has 1 aromatic carbocycles. The monoisotopic (exact) mass is 287 g/mol. The van der Waals surface area contributed by atoms with E-state index in [4.69, 9.17) is 10.7 Å². The smallest absolute Gasteiger partial charge is 0.237 e. The van der Waals surface area contributed by atoms with Crippen molar-refractivity contribution in [3.63, 3.8) is 0 Å². The van der Waals surface area contributed by atoms with Gasteiger partial charge in [-0.25, -0.2) is 8.42 Å². The van der Waals surface area contributed by atoms with Crippen LogP contribution in [0.1, 0.15) is 17.5 Å². The Labute approximate surface area is 111 Å². The van der Waals surface area contributed by atoms with Crippen LogP contribution in [0, 0.1) is 6.92 Å². The van der Waals surface area contributed by atoms with Crippen molar-refractivity contribution in [2.75, 3.05) is 6.54 Å². The zero-order valence-electron chi connectivity index (χ0n) is 9.97. The van der Waals surface area contributed by atoms with Crippen LogP contribution in [0.5, 0.6) is 0 Å². The van der Waals surface area contributed by atoms with E-state index in [-0.39, 0.29) is 18.9 Å². The summed E-state index contributed by atoms with van der Waals surface area (Å²) in [6.45, 7) is 2.58. The van der Waals surface area contributed by atoms with Crippen molar-refractivity contribution in [2.45, 2.75) is 25.1 Å². The van der Waals surface area contributed by atoms with Crippen molar-refractivity contribution >= 4 is 25.6 Å². The first kappa shape index (κ1) is 13.4. The molecule has 1 aromatic rings. The summed E-state index contributed by atoms with van der Waals surface area (Å²) in [5.41, 5.74) is 2.11. The molecule has 1 amide bonds. The maximum absolute atomic E-state index is 11.7. The molecule has 0 spiro atoms. The van der Waals surface area contributed by atoms with Gasteiger partial charge in [0.25, 0.3) is 0 Å². The lowest BCUT2D eigenvalue weighted by atomic mass is 10.1. The van der Waals surface area contributed by atoms with Crippen molar-refractivity contribution in [2.24, 2.45) is 0 Å². The second-order valence-electron chi connectivity index (χ2n) is 4.50. The molecule has 0 N–H and O–H groups in total. The zero-order chi connectivity index (χ0) is 13.3. The van der Waals surface area contributed by atoms with Gasteiger partial charge in [-0.15, -0.1) is 0 Å². The minimum Gasteiger partial charge on any atom is -0.337 e. The number of likely N-dealkylation sites (tertiary alicyclic amines) is 1. The van der Waals surface area contributed by atoms with E-state index in [1.54, 1.807) is 4.90 Å². The van der Waals surface area contributed by atoms with Gasteiger partial charge in [0.15, 0.2) is 0 Å². The topological polar surface area (TPSA) is 54.5 Å². The van der Waals surface area contributed by atoms with Crippen LogP contribution in [0.3, 0.4) is 0 Å². The number of amides is 1. The van der Waals surface area contributed by atoms with Gasteiger partial charge < -0.3 is 4.90 Å². The van der Waals surface area contributed by atoms with Crippen LogP contribution < -0.4 is 0 Å². The van der Waals surface area contributed by atoms with E-state index in [2.05, 4.69) is 0 Å². The SMILES string of the molecule is Cc1ccccc1CN1CC(S(=O)(=O)Cl)CC1=O. The van der Waals surface area contributed by atoms with Crippen LogP contribution in [-0.4, -0.2) is 31.0 Å². The summed E-state index contributed by atoms with van der Waals surface area (Å²) in [7, 11) is 1.64. The third-order valence-corrected chi connectivity index (χ3v) is 5.07. The van der Waals surface area contributed by atoms with Crippen molar-refractivity contribution < 1.29 is 13.2 Å². The van der Waals surface area contributed by atoms with Crippen molar-refractivity contribution in [1.29, 1.82) is 0 Å². The lowest BCUT2D eigenvalue weighted by Crippen LogP contribution is -2.26. The molecule has 0 aromatic heterocycles. The first-order valence-corrected chi connectivity index (χ1v) is 8.01. The van der Waals surface area contributed by atoms with Crippen LogP contribution in [-0.2, 0) is 20.4 Å². The van der Waals surface area contributed by atoms with Crippen LogP contribution in [0.2, 0.25) is 0 Å². The summed E-state index contributed by atoms with van der Waals surface area (Å²) in [6, 6.07) is 7.73. The summed E-state index contributed by atoms with van der Waals surface area (Å²) in [5, 5.41) is -0.782. The maximum Gasteiger partial charge on any atom is 0.237 e. The summed E-state index contributed by atoms with van der Waals surface area (Å²) < 4.78 is 22.5. The van der Waals surface area contributed by atoms with E-state index in [9.17, 15) is 13.2 Å². The largest absolute Gasteiger partial charge is 0.337 e. The molecule has 1 unspecified atom stereocenters. The number of carbonyl (C=O) groups excluding carboxylic acids is 1. The highest BCUT2D eigenvalue weighted by molar-refractivity contribution is 8.14. The number of nitrogens with zero attached hydrogens (tertiary/aromatic N) is 1. The molecule has 18 heavy (non-hydrogen) atoms. The quantitative estimate of drug-likeness (QED) is 0.795. The highest BCUT2D eigenvalue weighted by atomic mass is 35.7. The minimum absolute atomic E-state index is 0.0162. The second-order valence-corrected chi connectivity index (χ2v) is 7.41. The van der Waals surface area contributed by atoms with Gasteiger partial charge in [-0.2, -0.15) is 0 Å². The summed E-state index contributed by atoms with van der Waals surface area (Å²) in [5.74, 6) is -0.160. The predicted molar refractivity (Wildman–Crippen MR) is 69.8 cm³/mol. The Balaban J connectivity index is 2.13. The zero-order valence-corrected chi connectivity index (χ0v) is 11.5. The molecule has 4 nitrogen and oxygen atoms in total. The number of halogens is 1. The number of rotatable bonds is 3. The van der Waals surface area contributed by atoms with Crippen molar-refractivity contribution in [3.8, 4) is 0 Å². The van der Waals surface area contributed by atoms with Gasteiger partial charge in [-0.3, -0.25) is 4.79 Å². The Bertz CT molecular complexity index is 570.